The van der Waals surface area contributed by atoms with Gasteiger partial charge in [0.05, 0.1) is 0 Å². The molecular formula is C17H26N4O. The van der Waals surface area contributed by atoms with E-state index in [4.69, 9.17) is 0 Å². The quantitative estimate of drug-likeness (QED) is 0.657. The summed E-state index contributed by atoms with van der Waals surface area (Å²) in [7, 11) is 5.69. The molecule has 1 aromatic carbocycles. The van der Waals surface area contributed by atoms with E-state index in [1.54, 1.807) is 7.05 Å². The molecule has 5 heteroatoms. The lowest BCUT2D eigenvalue weighted by Gasteiger charge is -2.20. The normalized spacial score (nSPS) is 18.7. The van der Waals surface area contributed by atoms with E-state index in [1.165, 1.54) is 5.56 Å². The summed E-state index contributed by atoms with van der Waals surface area (Å²) in [6.45, 7) is 2.43. The van der Waals surface area contributed by atoms with Crippen molar-refractivity contribution in [2.75, 3.05) is 40.8 Å². The van der Waals surface area contributed by atoms with Crippen molar-refractivity contribution in [3.8, 4) is 0 Å². The van der Waals surface area contributed by atoms with Gasteiger partial charge in [0.15, 0.2) is 5.96 Å². The average Bonchev–Trinajstić information content (AvgIpc) is 2.87. The highest BCUT2D eigenvalue weighted by molar-refractivity contribution is 5.80. The Bertz CT molecular complexity index is 513. The van der Waals surface area contributed by atoms with Crippen LogP contribution in [0.1, 0.15) is 12.0 Å². The molecule has 0 spiro atoms. The van der Waals surface area contributed by atoms with Gasteiger partial charge in [0.2, 0.25) is 5.91 Å². The zero-order chi connectivity index (χ0) is 15.9. The first-order chi connectivity index (χ1) is 10.6. The first-order valence-electron chi connectivity index (χ1n) is 7.80. The number of nitrogens with one attached hydrogen (secondary N) is 1. The Morgan fingerprint density at radius 3 is 2.73 bits per heavy atom. The number of amides is 1. The van der Waals surface area contributed by atoms with Gasteiger partial charge in [-0.3, -0.25) is 9.79 Å². The first-order valence-corrected chi connectivity index (χ1v) is 7.80. The number of benzene rings is 1. The van der Waals surface area contributed by atoms with Crippen LogP contribution in [0, 0.1) is 5.92 Å². The molecule has 1 heterocycles. The number of hydrogen-bond donors (Lipinski definition) is 1. The minimum absolute atomic E-state index is 0.266. The molecule has 1 aliphatic rings. The molecule has 2 rings (SSSR count). The van der Waals surface area contributed by atoms with E-state index in [0.29, 0.717) is 12.3 Å². The lowest BCUT2D eigenvalue weighted by molar-refractivity contribution is -0.127. The molecule has 1 fully saturated rings. The lowest BCUT2D eigenvalue weighted by Crippen LogP contribution is -2.39. The fourth-order valence-electron chi connectivity index (χ4n) is 2.79. The number of likely N-dealkylation sites (tertiary alicyclic amines) is 1. The molecule has 1 unspecified atom stereocenters. The topological polar surface area (TPSA) is 47.9 Å². The number of carbonyl (C=O) groups is 1. The molecule has 5 nitrogen and oxygen atoms in total. The number of rotatable bonds is 5. The van der Waals surface area contributed by atoms with E-state index in [0.717, 1.165) is 32.0 Å². The molecule has 1 atom stereocenters. The van der Waals surface area contributed by atoms with Crippen molar-refractivity contribution >= 4 is 11.9 Å². The zero-order valence-corrected chi connectivity index (χ0v) is 13.7. The summed E-state index contributed by atoms with van der Waals surface area (Å²) in [6.07, 6.45) is 1.55. The van der Waals surface area contributed by atoms with Crippen molar-refractivity contribution in [2.24, 2.45) is 10.9 Å². The molecule has 22 heavy (non-hydrogen) atoms. The summed E-state index contributed by atoms with van der Waals surface area (Å²) in [4.78, 5) is 20.2. The van der Waals surface area contributed by atoms with Gasteiger partial charge >= 0.3 is 0 Å². The van der Waals surface area contributed by atoms with Gasteiger partial charge in [-0.2, -0.15) is 0 Å². The van der Waals surface area contributed by atoms with Crippen LogP contribution >= 0.6 is 0 Å². The molecule has 0 radical (unpaired) electrons. The van der Waals surface area contributed by atoms with Crippen LogP contribution in [0.15, 0.2) is 35.3 Å². The SMILES string of the molecule is CN=C(NCC1CC(=O)N(CCc2ccccc2)C1)N(C)C. The van der Waals surface area contributed by atoms with Gasteiger partial charge in [-0.15, -0.1) is 0 Å². The molecule has 0 aromatic heterocycles. The van der Waals surface area contributed by atoms with E-state index in [1.807, 2.05) is 42.1 Å². The second kappa shape index (κ2) is 7.82. The highest BCUT2D eigenvalue weighted by atomic mass is 16.2. The molecule has 1 saturated heterocycles. The van der Waals surface area contributed by atoms with Crippen molar-refractivity contribution in [1.29, 1.82) is 0 Å². The molecule has 1 amide bonds. The Labute approximate surface area is 133 Å². The third-order valence-electron chi connectivity index (χ3n) is 3.99. The van der Waals surface area contributed by atoms with Crippen LogP contribution in [0.5, 0.6) is 0 Å². The third kappa shape index (κ3) is 4.48. The highest BCUT2D eigenvalue weighted by Gasteiger charge is 2.29. The largest absolute Gasteiger partial charge is 0.356 e. The minimum Gasteiger partial charge on any atom is -0.356 e. The summed E-state index contributed by atoms with van der Waals surface area (Å²) >= 11 is 0. The predicted molar refractivity (Wildman–Crippen MR) is 89.9 cm³/mol. The van der Waals surface area contributed by atoms with Crippen LogP contribution in [0.3, 0.4) is 0 Å². The molecule has 1 aromatic rings. The van der Waals surface area contributed by atoms with Crippen molar-refractivity contribution in [1.82, 2.24) is 15.1 Å². The van der Waals surface area contributed by atoms with Crippen molar-refractivity contribution in [2.45, 2.75) is 12.8 Å². The summed E-state index contributed by atoms with van der Waals surface area (Å²) in [5.41, 5.74) is 1.28. The highest BCUT2D eigenvalue weighted by Crippen LogP contribution is 2.17. The Balaban J connectivity index is 1.78. The minimum atomic E-state index is 0.266. The standard InChI is InChI=1S/C17H26N4O/c1-18-17(20(2)3)19-12-15-11-16(22)21(13-15)10-9-14-7-5-4-6-8-14/h4-8,15H,9-13H2,1-3H3,(H,18,19). The monoisotopic (exact) mass is 302 g/mol. The maximum Gasteiger partial charge on any atom is 0.223 e. The number of hydrogen-bond acceptors (Lipinski definition) is 2. The third-order valence-corrected chi connectivity index (χ3v) is 3.99. The van der Waals surface area contributed by atoms with Gasteiger partial charge in [0, 0.05) is 53.1 Å². The van der Waals surface area contributed by atoms with Crippen molar-refractivity contribution < 1.29 is 4.79 Å². The molecular weight excluding hydrogens is 276 g/mol. The maximum absolute atomic E-state index is 12.1. The smallest absolute Gasteiger partial charge is 0.223 e. The second-order valence-corrected chi connectivity index (χ2v) is 5.97. The van der Waals surface area contributed by atoms with E-state index in [-0.39, 0.29) is 5.91 Å². The van der Waals surface area contributed by atoms with Crippen LogP contribution in [0.2, 0.25) is 0 Å². The van der Waals surface area contributed by atoms with Gasteiger partial charge in [-0.05, 0) is 12.0 Å². The summed E-state index contributed by atoms with van der Waals surface area (Å²) in [5, 5.41) is 3.32. The molecule has 0 bridgehead atoms. The number of nitrogens with zero attached hydrogens (tertiary/aromatic N) is 3. The van der Waals surface area contributed by atoms with E-state index in [9.17, 15) is 4.79 Å². The number of carbonyl (C=O) groups excluding carboxylic acids is 1. The van der Waals surface area contributed by atoms with E-state index < -0.39 is 0 Å². The van der Waals surface area contributed by atoms with Crippen LogP contribution in [0.25, 0.3) is 0 Å². The van der Waals surface area contributed by atoms with Crippen LogP contribution in [-0.4, -0.2) is 62.4 Å². The van der Waals surface area contributed by atoms with E-state index in [2.05, 4.69) is 22.4 Å². The van der Waals surface area contributed by atoms with Gasteiger partial charge in [-0.1, -0.05) is 30.3 Å². The van der Waals surface area contributed by atoms with Gasteiger partial charge < -0.3 is 15.1 Å². The molecule has 120 valence electrons. The predicted octanol–water partition coefficient (Wildman–Crippen LogP) is 1.21. The van der Waals surface area contributed by atoms with Gasteiger partial charge in [-0.25, -0.2) is 0 Å². The van der Waals surface area contributed by atoms with Crippen LogP contribution in [-0.2, 0) is 11.2 Å². The second-order valence-electron chi connectivity index (χ2n) is 5.97. The zero-order valence-electron chi connectivity index (χ0n) is 13.7. The van der Waals surface area contributed by atoms with Crippen molar-refractivity contribution in [3.05, 3.63) is 35.9 Å². The Kier molecular flexibility index (Phi) is 5.81. The summed E-state index contributed by atoms with van der Waals surface area (Å²) in [6, 6.07) is 10.3. The fourth-order valence-corrected chi connectivity index (χ4v) is 2.79. The molecule has 0 aliphatic carbocycles. The molecule has 1 aliphatic heterocycles. The Morgan fingerprint density at radius 2 is 2.09 bits per heavy atom. The average molecular weight is 302 g/mol. The Hall–Kier alpha value is -2.04. The Morgan fingerprint density at radius 1 is 1.36 bits per heavy atom. The fraction of sp³-hybridized carbons (Fsp3) is 0.529. The van der Waals surface area contributed by atoms with Crippen molar-refractivity contribution in [3.63, 3.8) is 0 Å². The van der Waals surface area contributed by atoms with Gasteiger partial charge in [0.1, 0.15) is 0 Å². The molecule has 1 N–H and O–H groups in total. The maximum atomic E-state index is 12.1. The van der Waals surface area contributed by atoms with E-state index >= 15 is 0 Å². The number of aliphatic imine (C=N–C) groups is 1. The van der Waals surface area contributed by atoms with Crippen LogP contribution < -0.4 is 5.32 Å². The number of guanidine groups is 1. The lowest BCUT2D eigenvalue weighted by atomic mass is 10.1. The summed E-state index contributed by atoms with van der Waals surface area (Å²) < 4.78 is 0. The first kappa shape index (κ1) is 16.3. The molecule has 0 saturated carbocycles. The van der Waals surface area contributed by atoms with Crippen LogP contribution in [0.4, 0.5) is 0 Å². The van der Waals surface area contributed by atoms with Gasteiger partial charge in [0.25, 0.3) is 0 Å². The summed E-state index contributed by atoms with van der Waals surface area (Å²) in [5.74, 6) is 1.48.